The normalized spacial score (nSPS) is 33.4. The molecule has 0 heterocycles. The predicted molar refractivity (Wildman–Crippen MR) is 69.3 cm³/mol. The highest BCUT2D eigenvalue weighted by Crippen LogP contribution is 2.41. The molecule has 0 aliphatic heterocycles. The molecule has 1 rings (SSSR count). The molecule has 0 aromatic carbocycles. The third kappa shape index (κ3) is 3.07. The summed E-state index contributed by atoms with van der Waals surface area (Å²) in [6, 6.07) is 0. The van der Waals surface area contributed by atoms with Crippen LogP contribution in [-0.4, -0.2) is 14.4 Å². The Balaban J connectivity index is 2.56. The summed E-state index contributed by atoms with van der Waals surface area (Å²) >= 11 is 0. The molecule has 90 valence electrons. The summed E-state index contributed by atoms with van der Waals surface area (Å²) in [7, 11) is -1.56. The maximum atomic E-state index is 6.39. The van der Waals surface area contributed by atoms with Gasteiger partial charge in [0.1, 0.15) is 0 Å². The summed E-state index contributed by atoms with van der Waals surface area (Å²) in [5.74, 6) is 1.51. The fourth-order valence-corrected chi connectivity index (χ4v) is 3.12. The molecule has 0 saturated heterocycles. The Hall–Kier alpha value is 0.177. The lowest BCUT2D eigenvalue weighted by Crippen LogP contribution is -2.43. The molecule has 0 N–H and O–H groups in total. The third-order valence-corrected chi connectivity index (χ3v) is 8.78. The molecule has 0 spiro atoms. The first kappa shape index (κ1) is 13.2. The van der Waals surface area contributed by atoms with Crippen molar-refractivity contribution in [3.8, 4) is 0 Å². The van der Waals surface area contributed by atoms with Crippen LogP contribution in [0, 0.1) is 18.3 Å². The van der Waals surface area contributed by atoms with Gasteiger partial charge >= 0.3 is 0 Å². The van der Waals surface area contributed by atoms with Crippen molar-refractivity contribution in [2.24, 2.45) is 11.8 Å². The van der Waals surface area contributed by atoms with E-state index in [0.29, 0.717) is 11.1 Å². The molecule has 0 aromatic rings. The van der Waals surface area contributed by atoms with Gasteiger partial charge in [0.15, 0.2) is 8.32 Å². The minimum absolute atomic E-state index is 0.329. The van der Waals surface area contributed by atoms with Crippen LogP contribution in [0.3, 0.4) is 0 Å². The number of hydrogen-bond donors (Lipinski definition) is 0. The maximum absolute atomic E-state index is 6.39. The van der Waals surface area contributed by atoms with Crippen LogP contribution in [0.4, 0.5) is 0 Å². The van der Waals surface area contributed by atoms with E-state index in [4.69, 9.17) is 4.43 Å². The van der Waals surface area contributed by atoms with Crippen LogP contribution >= 0.6 is 0 Å². The van der Waals surface area contributed by atoms with Crippen LogP contribution in [0.25, 0.3) is 0 Å². The third-order valence-electron chi connectivity index (χ3n) is 4.27. The van der Waals surface area contributed by atoms with Crippen LogP contribution in [-0.2, 0) is 4.43 Å². The van der Waals surface area contributed by atoms with Crippen molar-refractivity contribution in [3.63, 3.8) is 0 Å². The van der Waals surface area contributed by atoms with Crippen molar-refractivity contribution >= 4 is 8.32 Å². The van der Waals surface area contributed by atoms with Crippen molar-refractivity contribution in [3.05, 3.63) is 6.42 Å². The molecule has 0 aromatic heterocycles. The Kier molecular flexibility index (Phi) is 3.72. The Bertz CT molecular complexity index is 207. The van der Waals surface area contributed by atoms with Gasteiger partial charge in [0.05, 0.1) is 0 Å². The van der Waals surface area contributed by atoms with E-state index >= 15 is 0 Å². The summed E-state index contributed by atoms with van der Waals surface area (Å²) in [4.78, 5) is 0. The molecule has 1 nitrogen and oxygen atoms in total. The Morgan fingerprint density at radius 2 is 1.73 bits per heavy atom. The van der Waals surface area contributed by atoms with Gasteiger partial charge in [-0.25, -0.2) is 0 Å². The van der Waals surface area contributed by atoms with Crippen LogP contribution < -0.4 is 0 Å². The molecule has 2 heteroatoms. The lowest BCUT2D eigenvalue weighted by atomic mass is 10.0. The van der Waals surface area contributed by atoms with E-state index in [1.54, 1.807) is 0 Å². The highest BCUT2D eigenvalue weighted by Gasteiger charge is 2.38. The van der Waals surface area contributed by atoms with Gasteiger partial charge in [0.25, 0.3) is 0 Å². The summed E-state index contributed by atoms with van der Waals surface area (Å²) in [5.41, 5.74) is 0. The summed E-state index contributed by atoms with van der Waals surface area (Å²) in [6.07, 6.45) is 4.04. The van der Waals surface area contributed by atoms with Crippen molar-refractivity contribution in [2.45, 2.75) is 65.3 Å². The molecule has 1 aliphatic carbocycles. The first-order chi connectivity index (χ1) is 6.63. The van der Waals surface area contributed by atoms with Crippen LogP contribution in [0.2, 0.25) is 18.1 Å². The lowest BCUT2D eigenvalue weighted by Gasteiger charge is -2.41. The van der Waals surface area contributed by atoms with Crippen molar-refractivity contribution in [2.75, 3.05) is 0 Å². The second kappa shape index (κ2) is 4.21. The molecule has 1 saturated carbocycles. The molecule has 15 heavy (non-hydrogen) atoms. The van der Waals surface area contributed by atoms with Crippen molar-refractivity contribution in [1.29, 1.82) is 0 Å². The molecular weight excluding hydrogens is 200 g/mol. The molecule has 0 bridgehead atoms. The molecule has 0 amide bonds. The monoisotopic (exact) mass is 227 g/mol. The fourth-order valence-electron chi connectivity index (χ4n) is 1.83. The predicted octanol–water partition coefficient (Wildman–Crippen LogP) is 4.26. The zero-order valence-corrected chi connectivity index (χ0v) is 12.4. The average molecular weight is 227 g/mol. The highest BCUT2D eigenvalue weighted by atomic mass is 28.4. The van der Waals surface area contributed by atoms with Gasteiger partial charge in [-0.1, -0.05) is 53.1 Å². The van der Waals surface area contributed by atoms with Crippen LogP contribution in [0.5, 0.6) is 0 Å². The van der Waals surface area contributed by atoms with Gasteiger partial charge in [-0.15, -0.1) is 0 Å². The zero-order chi connectivity index (χ0) is 11.9. The Morgan fingerprint density at radius 1 is 1.20 bits per heavy atom. The summed E-state index contributed by atoms with van der Waals surface area (Å²) in [6.45, 7) is 16.2. The van der Waals surface area contributed by atoms with E-state index in [2.05, 4.69) is 54.1 Å². The standard InChI is InChI=1S/C13H27OSi/c1-10-8-12(9-11(10)2)14-15(6,7)13(3,4)5/h8,10-12H,9H2,1-7H3/q-1. The maximum Gasteiger partial charge on any atom is 0.187 e. The van der Waals surface area contributed by atoms with E-state index in [0.717, 1.165) is 11.8 Å². The first-order valence-electron chi connectivity index (χ1n) is 6.16. The Labute approximate surface area is 96.7 Å². The Morgan fingerprint density at radius 3 is 2.07 bits per heavy atom. The SMILES string of the molecule is CC1[CH-]C(O[Si](C)(C)C(C)(C)C)CC1C. The smallest absolute Gasteiger partial charge is 0.187 e. The van der Waals surface area contributed by atoms with E-state index in [1.165, 1.54) is 6.42 Å². The lowest BCUT2D eigenvalue weighted by molar-refractivity contribution is 0.210. The second-order valence-electron chi connectivity index (χ2n) is 6.68. The first-order valence-corrected chi connectivity index (χ1v) is 9.07. The fraction of sp³-hybridized carbons (Fsp3) is 0.923. The zero-order valence-electron chi connectivity index (χ0n) is 11.4. The minimum atomic E-state index is -1.56. The molecule has 3 unspecified atom stereocenters. The quantitative estimate of drug-likeness (QED) is 0.506. The molecule has 0 radical (unpaired) electrons. The number of rotatable bonds is 2. The largest absolute Gasteiger partial charge is 0.444 e. The van der Waals surface area contributed by atoms with E-state index in [-0.39, 0.29) is 0 Å². The van der Waals surface area contributed by atoms with Gasteiger partial charge in [-0.3, -0.25) is 6.42 Å². The average Bonchev–Trinajstić information content (AvgIpc) is 2.27. The topological polar surface area (TPSA) is 9.23 Å². The van der Waals surface area contributed by atoms with E-state index < -0.39 is 8.32 Å². The van der Waals surface area contributed by atoms with Crippen LogP contribution in [0.1, 0.15) is 41.0 Å². The molecule has 1 aliphatic rings. The van der Waals surface area contributed by atoms with Gasteiger partial charge in [0, 0.05) is 0 Å². The minimum Gasteiger partial charge on any atom is -0.444 e. The van der Waals surface area contributed by atoms with Gasteiger partial charge in [-0.2, -0.15) is 5.92 Å². The summed E-state index contributed by atoms with van der Waals surface area (Å²) in [5, 5.41) is 0.329. The van der Waals surface area contributed by atoms with Crippen molar-refractivity contribution in [1.82, 2.24) is 0 Å². The molecule has 3 atom stereocenters. The van der Waals surface area contributed by atoms with E-state index in [9.17, 15) is 0 Å². The molecule has 1 fully saturated rings. The van der Waals surface area contributed by atoms with Crippen LogP contribution in [0.15, 0.2) is 0 Å². The number of hydrogen-bond acceptors (Lipinski definition) is 1. The highest BCUT2D eigenvalue weighted by molar-refractivity contribution is 6.74. The van der Waals surface area contributed by atoms with E-state index in [1.807, 2.05) is 0 Å². The van der Waals surface area contributed by atoms with Gasteiger partial charge in [-0.05, 0) is 18.1 Å². The van der Waals surface area contributed by atoms with Crippen molar-refractivity contribution < 1.29 is 4.43 Å². The summed E-state index contributed by atoms with van der Waals surface area (Å²) < 4.78 is 6.39. The van der Waals surface area contributed by atoms with Gasteiger partial charge in [0.2, 0.25) is 0 Å². The van der Waals surface area contributed by atoms with Gasteiger partial charge < -0.3 is 4.43 Å². The molecular formula is C13H27OSi-. The second-order valence-corrected chi connectivity index (χ2v) is 11.4.